The third-order valence-electron chi connectivity index (χ3n) is 9.32. The smallest absolute Gasteiger partial charge is 0.164 e. The second-order valence-electron chi connectivity index (χ2n) is 12.4. The van der Waals surface area contributed by atoms with Gasteiger partial charge >= 0.3 is 0 Å². The largest absolute Gasteiger partial charge is 0.455 e. The van der Waals surface area contributed by atoms with Crippen LogP contribution in [0.5, 0.6) is 0 Å². The van der Waals surface area contributed by atoms with Crippen LogP contribution in [0.3, 0.4) is 0 Å². The molecule has 7 aromatic carbocycles. The van der Waals surface area contributed by atoms with E-state index in [9.17, 15) is 0 Å². The van der Waals surface area contributed by atoms with Gasteiger partial charge in [0, 0.05) is 33.0 Å². The molecule has 9 rings (SSSR count). The van der Waals surface area contributed by atoms with E-state index in [0.29, 0.717) is 17.5 Å². The number of aryl methyl sites for hydroxylation is 1. The second kappa shape index (κ2) is 12.4. The average Bonchev–Trinajstić information content (AvgIpc) is 3.58. The van der Waals surface area contributed by atoms with E-state index in [1.807, 2.05) is 48.5 Å². The van der Waals surface area contributed by atoms with Crippen LogP contribution in [0.25, 0.3) is 89.5 Å². The lowest BCUT2D eigenvalue weighted by atomic mass is 9.94. The summed E-state index contributed by atoms with van der Waals surface area (Å²) in [4.78, 5) is 15.3. The molecule has 0 bridgehead atoms. The van der Waals surface area contributed by atoms with Crippen molar-refractivity contribution in [2.24, 2.45) is 0 Å². The predicted molar refractivity (Wildman–Crippen MR) is 204 cm³/mol. The zero-order chi connectivity index (χ0) is 33.4. The third kappa shape index (κ3) is 5.24. The van der Waals surface area contributed by atoms with Crippen LogP contribution in [0.1, 0.15) is 5.56 Å². The minimum Gasteiger partial charge on any atom is -0.455 e. The SMILES string of the molecule is Cc1ccccc1-c1ccc(-c2nc(-c3ccccc3)nc(-c3ccc4c(oc5cccc(-c6ccccc6)c54)c3-c3ccccc3)n2)cc1. The van der Waals surface area contributed by atoms with Crippen LogP contribution in [0.2, 0.25) is 0 Å². The van der Waals surface area contributed by atoms with E-state index >= 15 is 0 Å². The Morgan fingerprint density at radius 2 is 0.900 bits per heavy atom. The van der Waals surface area contributed by atoms with E-state index in [-0.39, 0.29) is 0 Å². The van der Waals surface area contributed by atoms with Crippen LogP contribution < -0.4 is 0 Å². The standard InChI is InChI=1S/C46H31N3O/c1-30-14-11-12-21-36(30)32-24-26-35(27-25-32)45-47-44(34-19-9-4-10-20-34)48-46(49-45)39-29-28-38-42-37(31-15-5-2-6-16-31)22-13-23-40(42)50-43(38)41(39)33-17-7-3-8-18-33/h2-29H,1H3. The molecule has 2 aromatic heterocycles. The Kier molecular flexibility index (Phi) is 7.33. The third-order valence-corrected chi connectivity index (χ3v) is 9.32. The van der Waals surface area contributed by atoms with E-state index in [0.717, 1.165) is 66.4 Å². The maximum atomic E-state index is 6.79. The number of rotatable bonds is 6. The molecule has 4 heteroatoms. The highest BCUT2D eigenvalue weighted by atomic mass is 16.3. The van der Waals surface area contributed by atoms with Gasteiger partial charge in [-0.2, -0.15) is 0 Å². The number of nitrogens with zero attached hydrogens (tertiary/aromatic N) is 3. The maximum absolute atomic E-state index is 6.79. The molecule has 0 aliphatic rings. The van der Waals surface area contributed by atoms with Crippen LogP contribution in [0.15, 0.2) is 174 Å². The Labute approximate surface area is 290 Å². The highest BCUT2D eigenvalue weighted by molar-refractivity contribution is 6.17. The highest BCUT2D eigenvalue weighted by Crippen LogP contribution is 2.44. The Hall–Kier alpha value is -6.65. The van der Waals surface area contributed by atoms with Gasteiger partial charge in [0.25, 0.3) is 0 Å². The van der Waals surface area contributed by atoms with Crippen LogP contribution in [-0.4, -0.2) is 15.0 Å². The van der Waals surface area contributed by atoms with E-state index in [1.165, 1.54) is 11.1 Å². The van der Waals surface area contributed by atoms with Gasteiger partial charge in [0.2, 0.25) is 0 Å². The Bertz CT molecular complexity index is 2630. The van der Waals surface area contributed by atoms with Crippen molar-refractivity contribution in [3.05, 3.63) is 175 Å². The molecule has 0 unspecified atom stereocenters. The van der Waals surface area contributed by atoms with Gasteiger partial charge in [0.15, 0.2) is 17.5 Å². The van der Waals surface area contributed by atoms with Crippen molar-refractivity contribution in [1.29, 1.82) is 0 Å². The fourth-order valence-corrected chi connectivity index (χ4v) is 6.86. The summed E-state index contributed by atoms with van der Waals surface area (Å²) in [6.07, 6.45) is 0. The normalized spacial score (nSPS) is 11.3. The quantitative estimate of drug-likeness (QED) is 0.181. The molecule has 4 nitrogen and oxygen atoms in total. The van der Waals surface area contributed by atoms with Crippen molar-refractivity contribution < 1.29 is 4.42 Å². The molecule has 50 heavy (non-hydrogen) atoms. The first-order valence-electron chi connectivity index (χ1n) is 16.8. The minimum absolute atomic E-state index is 0.585. The maximum Gasteiger partial charge on any atom is 0.164 e. The molecule has 0 atom stereocenters. The zero-order valence-corrected chi connectivity index (χ0v) is 27.4. The van der Waals surface area contributed by atoms with Gasteiger partial charge in [-0.1, -0.05) is 152 Å². The summed E-state index contributed by atoms with van der Waals surface area (Å²) >= 11 is 0. The van der Waals surface area contributed by atoms with E-state index in [1.54, 1.807) is 0 Å². The van der Waals surface area contributed by atoms with Gasteiger partial charge in [0.05, 0.1) is 0 Å². The number of furan rings is 1. The number of aromatic nitrogens is 3. The lowest BCUT2D eigenvalue weighted by molar-refractivity contribution is 0.670. The lowest BCUT2D eigenvalue weighted by Crippen LogP contribution is -2.01. The van der Waals surface area contributed by atoms with Crippen molar-refractivity contribution in [3.63, 3.8) is 0 Å². The first kappa shape index (κ1) is 29.5. The molecule has 0 amide bonds. The van der Waals surface area contributed by atoms with Crippen LogP contribution in [-0.2, 0) is 0 Å². The summed E-state index contributed by atoms with van der Waals surface area (Å²) in [5.74, 6) is 1.81. The number of fused-ring (bicyclic) bond motifs is 3. The summed E-state index contributed by atoms with van der Waals surface area (Å²) < 4.78 is 6.79. The molecule has 0 fully saturated rings. The summed E-state index contributed by atoms with van der Waals surface area (Å²) in [7, 11) is 0. The molecule has 0 saturated carbocycles. The van der Waals surface area contributed by atoms with Gasteiger partial charge in [-0.15, -0.1) is 0 Å². The summed E-state index contributed by atoms with van der Waals surface area (Å²) in [6, 6.07) is 58.4. The summed E-state index contributed by atoms with van der Waals surface area (Å²) in [6.45, 7) is 2.14. The van der Waals surface area contributed by atoms with Crippen molar-refractivity contribution in [2.45, 2.75) is 6.92 Å². The monoisotopic (exact) mass is 641 g/mol. The van der Waals surface area contributed by atoms with Crippen LogP contribution in [0, 0.1) is 6.92 Å². The number of benzene rings is 7. The molecule has 9 aromatic rings. The van der Waals surface area contributed by atoms with Gasteiger partial charge < -0.3 is 4.42 Å². The van der Waals surface area contributed by atoms with Crippen molar-refractivity contribution >= 4 is 21.9 Å². The summed E-state index contributed by atoms with van der Waals surface area (Å²) in [5, 5.41) is 2.14. The molecular formula is C46H31N3O. The first-order valence-corrected chi connectivity index (χ1v) is 16.8. The van der Waals surface area contributed by atoms with E-state index in [4.69, 9.17) is 19.4 Å². The summed E-state index contributed by atoms with van der Waals surface area (Å²) in [5.41, 5.74) is 12.2. The molecule has 0 spiro atoms. The molecule has 0 aliphatic carbocycles. The van der Waals surface area contributed by atoms with Crippen molar-refractivity contribution in [1.82, 2.24) is 15.0 Å². The highest BCUT2D eigenvalue weighted by Gasteiger charge is 2.22. The average molecular weight is 642 g/mol. The van der Waals surface area contributed by atoms with Gasteiger partial charge in [0.1, 0.15) is 11.2 Å². The molecular weight excluding hydrogens is 611 g/mol. The molecule has 236 valence electrons. The predicted octanol–water partition coefficient (Wildman–Crippen LogP) is 12.1. The molecule has 0 saturated heterocycles. The number of hydrogen-bond acceptors (Lipinski definition) is 4. The van der Waals surface area contributed by atoms with E-state index < -0.39 is 0 Å². The lowest BCUT2D eigenvalue weighted by Gasteiger charge is -2.13. The zero-order valence-electron chi connectivity index (χ0n) is 27.4. The van der Waals surface area contributed by atoms with Crippen molar-refractivity contribution in [3.8, 4) is 67.5 Å². The Balaban J connectivity index is 1.28. The van der Waals surface area contributed by atoms with Crippen LogP contribution >= 0.6 is 0 Å². The van der Waals surface area contributed by atoms with Gasteiger partial charge in [-0.05, 0) is 58.5 Å². The molecule has 2 heterocycles. The van der Waals surface area contributed by atoms with Crippen molar-refractivity contribution in [2.75, 3.05) is 0 Å². The molecule has 0 aliphatic heterocycles. The molecule has 0 N–H and O–H groups in total. The van der Waals surface area contributed by atoms with Crippen LogP contribution in [0.4, 0.5) is 0 Å². The second-order valence-corrected chi connectivity index (χ2v) is 12.4. The topological polar surface area (TPSA) is 51.8 Å². The Morgan fingerprint density at radius 3 is 1.58 bits per heavy atom. The Morgan fingerprint density at radius 1 is 0.380 bits per heavy atom. The molecule has 0 radical (unpaired) electrons. The minimum atomic E-state index is 0.585. The fourth-order valence-electron chi connectivity index (χ4n) is 6.86. The fraction of sp³-hybridized carbons (Fsp3) is 0.0217. The van der Waals surface area contributed by atoms with Gasteiger partial charge in [-0.3, -0.25) is 0 Å². The van der Waals surface area contributed by atoms with Gasteiger partial charge in [-0.25, -0.2) is 15.0 Å². The first-order chi connectivity index (χ1) is 24.7. The van der Waals surface area contributed by atoms with E-state index in [2.05, 4.69) is 128 Å². The number of hydrogen-bond donors (Lipinski definition) is 0.